The maximum absolute atomic E-state index is 5.48. The second-order valence-corrected chi connectivity index (χ2v) is 7.99. The summed E-state index contributed by atoms with van der Waals surface area (Å²) in [6.07, 6.45) is 0. The molecule has 0 aromatic heterocycles. The fourth-order valence-electron chi connectivity index (χ4n) is 3.26. The second-order valence-electron chi connectivity index (χ2n) is 6.93. The van der Waals surface area contributed by atoms with Crippen molar-refractivity contribution in [3.8, 4) is 5.75 Å². The van der Waals surface area contributed by atoms with Crippen molar-refractivity contribution in [2.75, 3.05) is 50.6 Å². The maximum atomic E-state index is 5.48. The fraction of sp³-hybridized carbons (Fsp3) is 0.455. The van der Waals surface area contributed by atoms with Gasteiger partial charge in [0.1, 0.15) is 5.75 Å². The van der Waals surface area contributed by atoms with Gasteiger partial charge in [-0.3, -0.25) is 0 Å². The summed E-state index contributed by atoms with van der Waals surface area (Å²) in [4.78, 5) is 3.64. The zero-order valence-electron chi connectivity index (χ0n) is 16.3. The Morgan fingerprint density at radius 3 is 2.67 bits per heavy atom. The van der Waals surface area contributed by atoms with Gasteiger partial charge in [0.15, 0.2) is 0 Å². The van der Waals surface area contributed by atoms with E-state index in [2.05, 4.69) is 53.5 Å². The average Bonchev–Trinajstić information content (AvgIpc) is 2.73. The second kappa shape index (κ2) is 10.6. The van der Waals surface area contributed by atoms with E-state index >= 15 is 0 Å². The minimum Gasteiger partial charge on any atom is -0.496 e. The summed E-state index contributed by atoms with van der Waals surface area (Å²) in [6, 6.07) is 16.9. The van der Waals surface area contributed by atoms with Gasteiger partial charge in [-0.15, -0.1) is 11.8 Å². The molecule has 0 spiro atoms. The summed E-state index contributed by atoms with van der Waals surface area (Å²) in [5.41, 5.74) is 2.70. The Morgan fingerprint density at radius 2 is 1.85 bits per heavy atom. The van der Waals surface area contributed by atoms with Crippen molar-refractivity contribution in [2.45, 2.75) is 18.4 Å². The van der Waals surface area contributed by atoms with E-state index < -0.39 is 0 Å². The van der Waals surface area contributed by atoms with Crippen molar-refractivity contribution in [1.82, 2.24) is 5.32 Å². The number of nitrogens with one attached hydrogen (secondary N) is 1. The molecule has 2 aromatic carbocycles. The van der Waals surface area contributed by atoms with Crippen LogP contribution in [0.4, 0.5) is 5.69 Å². The normalized spacial score (nSPS) is 15.6. The molecule has 1 aliphatic heterocycles. The predicted octanol–water partition coefficient (Wildman–Crippen LogP) is 4.05. The molecule has 146 valence electrons. The molecule has 5 heteroatoms. The number of morpholine rings is 1. The third kappa shape index (κ3) is 5.89. The Morgan fingerprint density at radius 1 is 1.11 bits per heavy atom. The van der Waals surface area contributed by atoms with Crippen LogP contribution in [0.1, 0.15) is 12.5 Å². The predicted molar refractivity (Wildman–Crippen MR) is 114 cm³/mol. The highest BCUT2D eigenvalue weighted by molar-refractivity contribution is 7.99. The number of thioether (sulfide) groups is 1. The van der Waals surface area contributed by atoms with Crippen LogP contribution in [0.15, 0.2) is 53.4 Å². The summed E-state index contributed by atoms with van der Waals surface area (Å²) < 4.78 is 10.9. The molecular formula is C22H30N2O2S. The highest BCUT2D eigenvalue weighted by Crippen LogP contribution is 2.30. The van der Waals surface area contributed by atoms with Gasteiger partial charge in [-0.1, -0.05) is 37.3 Å². The molecule has 1 heterocycles. The van der Waals surface area contributed by atoms with Gasteiger partial charge in [-0.25, -0.2) is 0 Å². The fourth-order valence-corrected chi connectivity index (χ4v) is 4.31. The molecule has 1 N–H and O–H groups in total. The Labute approximate surface area is 167 Å². The van der Waals surface area contributed by atoms with Crippen molar-refractivity contribution in [3.05, 3.63) is 54.1 Å². The molecule has 27 heavy (non-hydrogen) atoms. The summed E-state index contributed by atoms with van der Waals surface area (Å²) in [5.74, 6) is 2.61. The first kappa shape index (κ1) is 20.1. The molecule has 0 aliphatic carbocycles. The topological polar surface area (TPSA) is 33.7 Å². The Bertz CT molecular complexity index is 704. The molecular weight excluding hydrogens is 356 g/mol. The Hall–Kier alpha value is -1.69. The lowest BCUT2D eigenvalue weighted by atomic mass is 10.1. The van der Waals surface area contributed by atoms with Crippen molar-refractivity contribution in [3.63, 3.8) is 0 Å². The Kier molecular flexibility index (Phi) is 7.87. The summed E-state index contributed by atoms with van der Waals surface area (Å²) >= 11 is 1.86. The van der Waals surface area contributed by atoms with Crippen molar-refractivity contribution < 1.29 is 9.47 Å². The highest BCUT2D eigenvalue weighted by atomic mass is 32.2. The minimum atomic E-state index is 0.579. The number of benzene rings is 2. The van der Waals surface area contributed by atoms with Crippen LogP contribution in [0.25, 0.3) is 0 Å². The van der Waals surface area contributed by atoms with E-state index in [1.54, 1.807) is 7.11 Å². The van der Waals surface area contributed by atoms with Crippen LogP contribution in [0, 0.1) is 5.92 Å². The van der Waals surface area contributed by atoms with Crippen molar-refractivity contribution in [1.29, 1.82) is 0 Å². The van der Waals surface area contributed by atoms with Gasteiger partial charge < -0.3 is 19.7 Å². The molecule has 3 rings (SSSR count). The molecule has 1 aliphatic rings. The molecule has 0 bridgehead atoms. The van der Waals surface area contributed by atoms with Crippen molar-refractivity contribution >= 4 is 17.4 Å². The first-order chi connectivity index (χ1) is 13.3. The van der Waals surface area contributed by atoms with Crippen LogP contribution in [-0.2, 0) is 11.3 Å². The minimum absolute atomic E-state index is 0.579. The number of methoxy groups -OCH3 is 1. The summed E-state index contributed by atoms with van der Waals surface area (Å²) in [6.45, 7) is 7.78. The molecule has 1 saturated heterocycles. The van der Waals surface area contributed by atoms with E-state index in [4.69, 9.17) is 9.47 Å². The van der Waals surface area contributed by atoms with Gasteiger partial charge >= 0.3 is 0 Å². The lowest BCUT2D eigenvalue weighted by Gasteiger charge is -2.30. The molecule has 1 unspecified atom stereocenters. The number of hydrogen-bond donors (Lipinski definition) is 1. The SMILES string of the molecule is COc1ccccc1SCC(C)CNCc1ccccc1N1CCOCC1. The van der Waals surface area contributed by atoms with Crippen molar-refractivity contribution in [2.24, 2.45) is 5.92 Å². The lowest BCUT2D eigenvalue weighted by molar-refractivity contribution is 0.122. The molecule has 4 nitrogen and oxygen atoms in total. The number of para-hydroxylation sites is 2. The molecule has 0 amide bonds. The van der Waals surface area contributed by atoms with E-state index in [0.29, 0.717) is 5.92 Å². The molecule has 1 atom stereocenters. The number of nitrogens with zero attached hydrogens (tertiary/aromatic N) is 1. The first-order valence-corrected chi connectivity index (χ1v) is 10.6. The molecule has 2 aromatic rings. The van der Waals surface area contributed by atoms with Crippen LogP contribution < -0.4 is 15.0 Å². The zero-order valence-corrected chi connectivity index (χ0v) is 17.1. The molecule has 0 radical (unpaired) electrons. The highest BCUT2D eigenvalue weighted by Gasteiger charge is 2.14. The third-order valence-electron chi connectivity index (χ3n) is 4.74. The van der Waals surface area contributed by atoms with Crippen LogP contribution in [0.5, 0.6) is 5.75 Å². The largest absolute Gasteiger partial charge is 0.496 e. The van der Waals surface area contributed by atoms with Crippen LogP contribution in [0.3, 0.4) is 0 Å². The number of hydrogen-bond acceptors (Lipinski definition) is 5. The van der Waals surface area contributed by atoms with Crippen LogP contribution in [-0.4, -0.2) is 45.7 Å². The van der Waals surface area contributed by atoms with Gasteiger partial charge in [0.25, 0.3) is 0 Å². The van der Waals surface area contributed by atoms with E-state index in [1.807, 2.05) is 23.9 Å². The van der Waals surface area contributed by atoms with Gasteiger partial charge in [-0.05, 0) is 36.2 Å². The lowest BCUT2D eigenvalue weighted by Crippen LogP contribution is -2.37. The molecule has 0 saturated carbocycles. The van der Waals surface area contributed by atoms with Gasteiger partial charge in [0.05, 0.1) is 20.3 Å². The monoisotopic (exact) mass is 386 g/mol. The van der Waals surface area contributed by atoms with E-state index in [-0.39, 0.29) is 0 Å². The van der Waals surface area contributed by atoms with Crippen LogP contribution >= 0.6 is 11.8 Å². The standard InChI is InChI=1S/C22H30N2O2S/c1-18(17-27-22-10-6-5-9-21(22)25-2)15-23-16-19-7-3-4-8-20(19)24-11-13-26-14-12-24/h3-10,18,23H,11-17H2,1-2H3. The van der Waals surface area contributed by atoms with E-state index in [1.165, 1.54) is 16.1 Å². The van der Waals surface area contributed by atoms with E-state index in [0.717, 1.165) is 50.9 Å². The maximum Gasteiger partial charge on any atom is 0.132 e. The van der Waals surface area contributed by atoms with E-state index in [9.17, 15) is 0 Å². The third-order valence-corrected chi connectivity index (χ3v) is 6.13. The molecule has 1 fully saturated rings. The smallest absolute Gasteiger partial charge is 0.132 e. The van der Waals surface area contributed by atoms with Gasteiger partial charge in [0.2, 0.25) is 0 Å². The number of anilines is 1. The first-order valence-electron chi connectivity index (χ1n) is 9.65. The van der Waals surface area contributed by atoms with Gasteiger partial charge in [-0.2, -0.15) is 0 Å². The summed E-state index contributed by atoms with van der Waals surface area (Å²) in [5, 5.41) is 3.64. The Balaban J connectivity index is 1.47. The number of ether oxygens (including phenoxy) is 2. The van der Waals surface area contributed by atoms with Gasteiger partial charge in [0, 0.05) is 36.0 Å². The summed E-state index contributed by atoms with van der Waals surface area (Å²) in [7, 11) is 1.73. The van der Waals surface area contributed by atoms with Crippen LogP contribution in [0.2, 0.25) is 0 Å². The quantitative estimate of drug-likeness (QED) is 0.658. The average molecular weight is 387 g/mol. The zero-order chi connectivity index (χ0) is 18.9. The number of rotatable bonds is 9.